The summed E-state index contributed by atoms with van der Waals surface area (Å²) in [5, 5.41) is 5.47. The standard InChI is InChI=1S/C45H27N7/c1-2-14-29(15-3-1)41-48-42(50-43(49-41)34-20-12-16-28-13-4-5-17-31(28)34)30-25-26-33-32-18-7-10-23-38(32)51(40(33)27-30)45-47-36-21-8-6-19-35(36)44-46-37-22-9-11-24-39(37)52(44)45/h1-27H. The number of benzene rings is 7. The third kappa shape index (κ3) is 4.29. The first-order valence-corrected chi connectivity index (χ1v) is 17.3. The molecule has 0 amide bonds. The number of para-hydroxylation sites is 4. The van der Waals surface area contributed by atoms with E-state index >= 15 is 0 Å². The summed E-state index contributed by atoms with van der Waals surface area (Å²) in [6.45, 7) is 0. The number of hydrogen-bond donors (Lipinski definition) is 0. The topological polar surface area (TPSA) is 73.8 Å². The zero-order valence-electron chi connectivity index (χ0n) is 27.7. The molecule has 0 aliphatic rings. The van der Waals surface area contributed by atoms with Crippen molar-refractivity contribution in [3.05, 3.63) is 164 Å². The average molecular weight is 666 g/mol. The summed E-state index contributed by atoms with van der Waals surface area (Å²) in [6, 6.07) is 56.2. The summed E-state index contributed by atoms with van der Waals surface area (Å²) in [7, 11) is 0. The molecule has 7 nitrogen and oxygen atoms in total. The largest absolute Gasteiger partial charge is 0.279 e. The molecule has 11 rings (SSSR count). The third-order valence-electron chi connectivity index (χ3n) is 9.96. The molecule has 0 fully saturated rings. The first-order valence-electron chi connectivity index (χ1n) is 17.3. The van der Waals surface area contributed by atoms with E-state index in [2.05, 4.69) is 124 Å². The average Bonchev–Trinajstić information content (AvgIpc) is 3.77. The number of nitrogens with zero attached hydrogens (tertiary/aromatic N) is 7. The highest BCUT2D eigenvalue weighted by molar-refractivity contribution is 6.10. The van der Waals surface area contributed by atoms with E-state index in [4.69, 9.17) is 24.9 Å². The van der Waals surface area contributed by atoms with Gasteiger partial charge < -0.3 is 0 Å². The van der Waals surface area contributed by atoms with Crippen LogP contribution in [0.1, 0.15) is 0 Å². The summed E-state index contributed by atoms with van der Waals surface area (Å²) in [5.74, 6) is 2.61. The van der Waals surface area contributed by atoms with Crippen LogP contribution in [0.15, 0.2) is 164 Å². The van der Waals surface area contributed by atoms with Gasteiger partial charge in [-0.3, -0.25) is 8.97 Å². The van der Waals surface area contributed by atoms with Gasteiger partial charge >= 0.3 is 0 Å². The molecule has 0 saturated heterocycles. The van der Waals surface area contributed by atoms with Crippen LogP contribution >= 0.6 is 0 Å². The van der Waals surface area contributed by atoms with Gasteiger partial charge in [0, 0.05) is 32.8 Å². The molecular weight excluding hydrogens is 639 g/mol. The van der Waals surface area contributed by atoms with Crippen LogP contribution in [-0.2, 0) is 0 Å². The lowest BCUT2D eigenvalue weighted by Crippen LogP contribution is -2.06. The van der Waals surface area contributed by atoms with Gasteiger partial charge in [-0.05, 0) is 47.2 Å². The van der Waals surface area contributed by atoms with Gasteiger partial charge in [-0.25, -0.2) is 24.9 Å². The molecular formula is C45H27N7. The number of hydrogen-bond acceptors (Lipinski definition) is 5. The van der Waals surface area contributed by atoms with Crippen molar-refractivity contribution in [1.82, 2.24) is 33.9 Å². The van der Waals surface area contributed by atoms with Crippen molar-refractivity contribution >= 4 is 60.2 Å². The quantitative estimate of drug-likeness (QED) is 0.187. The van der Waals surface area contributed by atoms with Crippen LogP contribution in [0.4, 0.5) is 0 Å². The zero-order chi connectivity index (χ0) is 34.2. The first-order chi connectivity index (χ1) is 25.8. The first kappa shape index (κ1) is 28.6. The van der Waals surface area contributed by atoms with Crippen LogP contribution in [0, 0.1) is 0 Å². The summed E-state index contributed by atoms with van der Waals surface area (Å²) in [6.07, 6.45) is 0. The van der Waals surface area contributed by atoms with E-state index in [-0.39, 0.29) is 0 Å². The molecule has 0 radical (unpaired) electrons. The van der Waals surface area contributed by atoms with Crippen LogP contribution in [0.5, 0.6) is 0 Å². The van der Waals surface area contributed by atoms with Gasteiger partial charge in [0.25, 0.3) is 0 Å². The minimum Gasteiger partial charge on any atom is -0.279 e. The van der Waals surface area contributed by atoms with Gasteiger partial charge in [-0.1, -0.05) is 127 Å². The van der Waals surface area contributed by atoms with E-state index in [1.54, 1.807) is 0 Å². The molecule has 0 unspecified atom stereocenters. The smallest absolute Gasteiger partial charge is 0.221 e. The van der Waals surface area contributed by atoms with E-state index in [1.807, 2.05) is 48.5 Å². The number of aromatic nitrogens is 7. The zero-order valence-corrected chi connectivity index (χ0v) is 27.7. The Balaban J connectivity index is 1.21. The van der Waals surface area contributed by atoms with Crippen molar-refractivity contribution in [2.24, 2.45) is 0 Å². The third-order valence-corrected chi connectivity index (χ3v) is 9.96. The summed E-state index contributed by atoms with van der Waals surface area (Å²) < 4.78 is 4.44. The van der Waals surface area contributed by atoms with Gasteiger partial charge in [0.05, 0.1) is 27.6 Å². The molecule has 4 heterocycles. The van der Waals surface area contributed by atoms with Gasteiger partial charge in [0.1, 0.15) is 5.65 Å². The summed E-state index contributed by atoms with van der Waals surface area (Å²) >= 11 is 0. The van der Waals surface area contributed by atoms with Crippen molar-refractivity contribution in [1.29, 1.82) is 0 Å². The van der Waals surface area contributed by atoms with Crippen molar-refractivity contribution in [3.8, 4) is 40.1 Å². The normalized spacial score (nSPS) is 11.8. The van der Waals surface area contributed by atoms with E-state index in [0.717, 1.165) is 82.8 Å². The molecule has 0 atom stereocenters. The van der Waals surface area contributed by atoms with Gasteiger partial charge in [-0.15, -0.1) is 0 Å². The second-order valence-corrected chi connectivity index (χ2v) is 13.0. The molecule has 0 saturated carbocycles. The Morgan fingerprint density at radius 2 is 1.00 bits per heavy atom. The minimum atomic E-state index is 0.597. The second-order valence-electron chi connectivity index (χ2n) is 13.0. The molecule has 0 aliphatic carbocycles. The molecule has 52 heavy (non-hydrogen) atoms. The van der Waals surface area contributed by atoms with Crippen LogP contribution in [0.2, 0.25) is 0 Å². The lowest BCUT2D eigenvalue weighted by molar-refractivity contribution is 0.979. The molecule has 7 aromatic carbocycles. The predicted molar refractivity (Wildman–Crippen MR) is 210 cm³/mol. The maximum atomic E-state index is 5.35. The molecule has 0 aliphatic heterocycles. The highest BCUT2D eigenvalue weighted by Crippen LogP contribution is 2.37. The molecule has 242 valence electrons. The Labute approximate surface area is 297 Å². The lowest BCUT2D eigenvalue weighted by Gasteiger charge is -2.13. The highest BCUT2D eigenvalue weighted by atomic mass is 15.2. The van der Waals surface area contributed by atoms with Gasteiger partial charge in [-0.2, -0.15) is 0 Å². The Morgan fingerprint density at radius 3 is 1.87 bits per heavy atom. The fourth-order valence-electron chi connectivity index (χ4n) is 7.56. The van der Waals surface area contributed by atoms with Crippen LogP contribution < -0.4 is 0 Å². The van der Waals surface area contributed by atoms with E-state index in [1.165, 1.54) is 0 Å². The van der Waals surface area contributed by atoms with Crippen LogP contribution in [0.25, 0.3) is 100 Å². The fourth-order valence-corrected chi connectivity index (χ4v) is 7.56. The number of fused-ring (bicyclic) bond motifs is 9. The van der Waals surface area contributed by atoms with Crippen molar-refractivity contribution < 1.29 is 0 Å². The van der Waals surface area contributed by atoms with Gasteiger partial charge in [0.15, 0.2) is 17.5 Å². The van der Waals surface area contributed by atoms with E-state index < -0.39 is 0 Å². The molecule has 4 aromatic heterocycles. The Hall–Kier alpha value is -7.25. The second kappa shape index (κ2) is 11.1. The van der Waals surface area contributed by atoms with Crippen LogP contribution in [-0.4, -0.2) is 33.9 Å². The van der Waals surface area contributed by atoms with Crippen molar-refractivity contribution in [2.75, 3.05) is 0 Å². The molecule has 0 N–H and O–H groups in total. The Morgan fingerprint density at radius 1 is 0.365 bits per heavy atom. The molecule has 0 spiro atoms. The van der Waals surface area contributed by atoms with Gasteiger partial charge in [0.2, 0.25) is 5.95 Å². The Bertz CT molecular complexity index is 3190. The fraction of sp³-hybridized carbons (Fsp3) is 0. The number of imidazole rings is 1. The molecule has 11 aromatic rings. The van der Waals surface area contributed by atoms with Crippen molar-refractivity contribution in [2.45, 2.75) is 0 Å². The van der Waals surface area contributed by atoms with Crippen molar-refractivity contribution in [3.63, 3.8) is 0 Å². The van der Waals surface area contributed by atoms with E-state index in [0.29, 0.717) is 17.5 Å². The monoisotopic (exact) mass is 665 g/mol. The maximum absolute atomic E-state index is 5.35. The highest BCUT2D eigenvalue weighted by Gasteiger charge is 2.21. The summed E-state index contributed by atoms with van der Waals surface area (Å²) in [5.41, 5.74) is 8.48. The minimum absolute atomic E-state index is 0.597. The van der Waals surface area contributed by atoms with Crippen LogP contribution in [0.3, 0.4) is 0 Å². The maximum Gasteiger partial charge on any atom is 0.221 e. The summed E-state index contributed by atoms with van der Waals surface area (Å²) in [4.78, 5) is 25.8. The molecule has 0 bridgehead atoms. The Kier molecular flexibility index (Phi) is 6.12. The predicted octanol–water partition coefficient (Wildman–Crippen LogP) is 10.5. The van der Waals surface area contributed by atoms with E-state index in [9.17, 15) is 0 Å². The molecule has 7 heteroatoms. The SMILES string of the molecule is c1ccc(-c2nc(-c3ccc4c5ccccc5n(-c5nc6ccccc6c6nc7ccccc7n56)c4c3)nc(-c3cccc4ccccc34)n2)cc1. The number of rotatable bonds is 4. The lowest BCUT2D eigenvalue weighted by atomic mass is 10.0.